The van der Waals surface area contributed by atoms with Gasteiger partial charge in [0.2, 0.25) is 0 Å². The van der Waals surface area contributed by atoms with Crippen molar-refractivity contribution in [2.75, 3.05) is 0 Å². The average molecular weight is 292 g/mol. The van der Waals surface area contributed by atoms with Crippen LogP contribution >= 0.6 is 0 Å². The molecular formula is C15H20N2O4. The number of hydrogen-bond acceptors (Lipinski definition) is 3. The molecule has 21 heavy (non-hydrogen) atoms. The summed E-state index contributed by atoms with van der Waals surface area (Å²) in [6.45, 7) is 0. The zero-order chi connectivity index (χ0) is 15.4. The van der Waals surface area contributed by atoms with E-state index in [2.05, 4.69) is 5.32 Å². The second-order valence-electron chi connectivity index (χ2n) is 5.55. The number of hydrogen-bond donors (Lipinski definition) is 2. The predicted octanol–water partition coefficient (Wildman–Crippen LogP) is 1.15. The number of rotatable bonds is 4. The second-order valence-corrected chi connectivity index (χ2v) is 5.55. The van der Waals surface area contributed by atoms with Gasteiger partial charge in [0.25, 0.3) is 11.5 Å². The third-order valence-electron chi connectivity index (χ3n) is 4.04. The normalized spacial score (nSPS) is 17.2. The standard InChI is InChI=1S/C15H20N2O4/c1-17-8-7-11(9-12(17)18)14(19)16-13(15(20)21)10-5-3-2-4-6-10/h7-10,13H,2-6H2,1H3,(H,16,19)(H,20,21). The Balaban J connectivity index is 2.12. The fourth-order valence-corrected chi connectivity index (χ4v) is 2.76. The number of nitrogens with zero attached hydrogens (tertiary/aromatic N) is 1. The van der Waals surface area contributed by atoms with Gasteiger partial charge in [0, 0.05) is 24.9 Å². The molecule has 1 unspecified atom stereocenters. The maximum absolute atomic E-state index is 12.1. The summed E-state index contributed by atoms with van der Waals surface area (Å²) in [6, 6.07) is 1.84. The van der Waals surface area contributed by atoms with E-state index in [9.17, 15) is 19.5 Å². The fraction of sp³-hybridized carbons (Fsp3) is 0.533. The van der Waals surface area contributed by atoms with E-state index in [1.165, 1.54) is 22.9 Å². The number of carboxylic acids is 1. The summed E-state index contributed by atoms with van der Waals surface area (Å²) in [5.41, 5.74) is -0.104. The van der Waals surface area contributed by atoms with Crippen molar-refractivity contribution in [1.29, 1.82) is 0 Å². The van der Waals surface area contributed by atoms with Gasteiger partial charge in [-0.15, -0.1) is 0 Å². The highest BCUT2D eigenvalue weighted by molar-refractivity contribution is 5.96. The SMILES string of the molecule is Cn1ccc(C(=O)NC(C(=O)O)C2CCCCC2)cc1=O. The van der Waals surface area contributed by atoms with E-state index in [-0.39, 0.29) is 17.0 Å². The quantitative estimate of drug-likeness (QED) is 0.871. The number of pyridine rings is 1. The summed E-state index contributed by atoms with van der Waals surface area (Å²) in [5.74, 6) is -1.56. The number of aryl methyl sites for hydroxylation is 1. The lowest BCUT2D eigenvalue weighted by atomic mass is 9.84. The molecule has 1 heterocycles. The van der Waals surface area contributed by atoms with Crippen LogP contribution in [0.5, 0.6) is 0 Å². The summed E-state index contributed by atoms with van der Waals surface area (Å²) in [4.78, 5) is 35.1. The minimum Gasteiger partial charge on any atom is -0.480 e. The molecule has 2 N–H and O–H groups in total. The largest absolute Gasteiger partial charge is 0.480 e. The minimum atomic E-state index is -1.01. The summed E-state index contributed by atoms with van der Waals surface area (Å²) in [6.07, 6.45) is 6.23. The Kier molecular flexibility index (Phi) is 4.77. The van der Waals surface area contributed by atoms with Gasteiger partial charge >= 0.3 is 5.97 Å². The van der Waals surface area contributed by atoms with Crippen LogP contribution in [0.4, 0.5) is 0 Å². The molecule has 1 aromatic rings. The maximum atomic E-state index is 12.1. The number of aromatic nitrogens is 1. The molecule has 1 aliphatic carbocycles. The molecule has 1 aliphatic rings. The lowest BCUT2D eigenvalue weighted by molar-refractivity contribution is -0.141. The smallest absolute Gasteiger partial charge is 0.326 e. The van der Waals surface area contributed by atoms with Crippen molar-refractivity contribution in [1.82, 2.24) is 9.88 Å². The molecule has 2 rings (SSSR count). The molecule has 0 aliphatic heterocycles. The van der Waals surface area contributed by atoms with Gasteiger partial charge in [0.15, 0.2) is 0 Å². The van der Waals surface area contributed by atoms with Crippen molar-refractivity contribution >= 4 is 11.9 Å². The Labute approximate surface area is 122 Å². The molecule has 6 heteroatoms. The van der Waals surface area contributed by atoms with Gasteiger partial charge in [0.05, 0.1) is 0 Å². The highest BCUT2D eigenvalue weighted by Gasteiger charge is 2.30. The number of carbonyl (C=O) groups excluding carboxylic acids is 1. The third-order valence-corrected chi connectivity index (χ3v) is 4.04. The Morgan fingerprint density at radius 2 is 2.00 bits per heavy atom. The van der Waals surface area contributed by atoms with Crippen molar-refractivity contribution in [3.63, 3.8) is 0 Å². The van der Waals surface area contributed by atoms with Gasteiger partial charge in [-0.25, -0.2) is 4.79 Å². The highest BCUT2D eigenvalue weighted by atomic mass is 16.4. The minimum absolute atomic E-state index is 0.0354. The van der Waals surface area contributed by atoms with E-state index >= 15 is 0 Å². The summed E-state index contributed by atoms with van der Waals surface area (Å²) in [7, 11) is 1.59. The first-order valence-corrected chi connectivity index (χ1v) is 7.19. The number of nitrogens with one attached hydrogen (secondary N) is 1. The van der Waals surface area contributed by atoms with E-state index in [0.29, 0.717) is 0 Å². The number of carbonyl (C=O) groups is 2. The van der Waals surface area contributed by atoms with Crippen molar-refractivity contribution in [3.05, 3.63) is 34.2 Å². The first-order chi connectivity index (χ1) is 9.99. The molecule has 0 saturated heterocycles. The summed E-state index contributed by atoms with van der Waals surface area (Å²) in [5, 5.41) is 11.9. The van der Waals surface area contributed by atoms with Crippen LogP contribution in [-0.2, 0) is 11.8 Å². The Hall–Kier alpha value is -2.11. The Morgan fingerprint density at radius 1 is 1.33 bits per heavy atom. The van der Waals surface area contributed by atoms with Crippen LogP contribution in [-0.4, -0.2) is 27.6 Å². The molecule has 0 aromatic carbocycles. The van der Waals surface area contributed by atoms with E-state index in [1.54, 1.807) is 7.05 Å². The predicted molar refractivity (Wildman–Crippen MR) is 77.1 cm³/mol. The molecule has 1 atom stereocenters. The molecule has 1 aromatic heterocycles. The lowest BCUT2D eigenvalue weighted by Crippen LogP contribution is -2.46. The molecule has 1 fully saturated rings. The summed E-state index contributed by atoms with van der Waals surface area (Å²) >= 11 is 0. The first kappa shape index (κ1) is 15.3. The van der Waals surface area contributed by atoms with E-state index in [0.717, 1.165) is 32.1 Å². The van der Waals surface area contributed by atoms with E-state index in [4.69, 9.17) is 0 Å². The number of aliphatic carboxylic acids is 1. The molecule has 0 spiro atoms. The van der Waals surface area contributed by atoms with Crippen LogP contribution in [0.1, 0.15) is 42.5 Å². The zero-order valence-corrected chi connectivity index (χ0v) is 12.0. The van der Waals surface area contributed by atoms with Crippen LogP contribution in [0, 0.1) is 5.92 Å². The van der Waals surface area contributed by atoms with Crippen molar-refractivity contribution in [2.45, 2.75) is 38.1 Å². The lowest BCUT2D eigenvalue weighted by Gasteiger charge is -2.28. The van der Waals surface area contributed by atoms with E-state index in [1.807, 2.05) is 0 Å². The van der Waals surface area contributed by atoms with Gasteiger partial charge in [-0.3, -0.25) is 9.59 Å². The van der Waals surface area contributed by atoms with Crippen LogP contribution < -0.4 is 10.9 Å². The van der Waals surface area contributed by atoms with Crippen molar-refractivity contribution < 1.29 is 14.7 Å². The van der Waals surface area contributed by atoms with Crippen LogP contribution in [0.15, 0.2) is 23.1 Å². The molecule has 1 saturated carbocycles. The molecule has 114 valence electrons. The van der Waals surface area contributed by atoms with Crippen LogP contribution in [0.2, 0.25) is 0 Å². The van der Waals surface area contributed by atoms with Crippen LogP contribution in [0.3, 0.4) is 0 Å². The average Bonchev–Trinajstić information content (AvgIpc) is 2.48. The maximum Gasteiger partial charge on any atom is 0.326 e. The molecule has 1 amide bonds. The molecule has 0 bridgehead atoms. The molecule has 0 radical (unpaired) electrons. The van der Waals surface area contributed by atoms with Gasteiger partial charge in [-0.2, -0.15) is 0 Å². The Morgan fingerprint density at radius 3 is 2.57 bits per heavy atom. The van der Waals surface area contributed by atoms with Gasteiger partial charge in [0.1, 0.15) is 6.04 Å². The van der Waals surface area contributed by atoms with Gasteiger partial charge < -0.3 is 15.0 Å². The summed E-state index contributed by atoms with van der Waals surface area (Å²) < 4.78 is 1.35. The molecular weight excluding hydrogens is 272 g/mol. The van der Waals surface area contributed by atoms with Gasteiger partial charge in [-0.1, -0.05) is 19.3 Å². The third kappa shape index (κ3) is 3.71. The van der Waals surface area contributed by atoms with Crippen LogP contribution in [0.25, 0.3) is 0 Å². The second kappa shape index (κ2) is 6.56. The Bertz CT molecular complexity index is 588. The first-order valence-electron chi connectivity index (χ1n) is 7.19. The highest BCUT2D eigenvalue weighted by Crippen LogP contribution is 2.26. The van der Waals surface area contributed by atoms with Crippen molar-refractivity contribution in [3.8, 4) is 0 Å². The monoisotopic (exact) mass is 292 g/mol. The number of carboxylic acid groups (broad SMARTS) is 1. The van der Waals surface area contributed by atoms with E-state index < -0.39 is 17.9 Å². The number of amides is 1. The van der Waals surface area contributed by atoms with Gasteiger partial charge in [-0.05, 0) is 24.8 Å². The zero-order valence-electron chi connectivity index (χ0n) is 12.0. The fourth-order valence-electron chi connectivity index (χ4n) is 2.76. The molecule has 6 nitrogen and oxygen atoms in total. The van der Waals surface area contributed by atoms with Crippen molar-refractivity contribution in [2.24, 2.45) is 13.0 Å². The topological polar surface area (TPSA) is 88.4 Å².